The molecule has 0 unspecified atom stereocenters. The lowest BCUT2D eigenvalue weighted by molar-refractivity contribution is 0.0345. The molecule has 0 N–H and O–H groups in total. The molecule has 2 heterocycles. The second kappa shape index (κ2) is 8.46. The van der Waals surface area contributed by atoms with Crippen molar-refractivity contribution in [2.75, 3.05) is 80.0 Å². The molecule has 6 heteroatoms. The highest BCUT2D eigenvalue weighted by molar-refractivity contribution is 4.88. The highest BCUT2D eigenvalue weighted by Gasteiger charge is 2.15. The number of likely N-dealkylation sites (N-methyl/N-ethyl adjacent to an activating group) is 1. The number of ether oxygens (including phenoxy) is 2. The van der Waals surface area contributed by atoms with Gasteiger partial charge in [0.2, 0.25) is 0 Å². The molecule has 2 aliphatic heterocycles. The predicted octanol–water partition coefficient (Wildman–Crippen LogP) is -0.0994. The summed E-state index contributed by atoms with van der Waals surface area (Å²) in [5.41, 5.74) is 0. The highest BCUT2D eigenvalue weighted by atomic mass is 16.5. The first-order valence-corrected chi connectivity index (χ1v) is 7.43. The van der Waals surface area contributed by atoms with Crippen molar-refractivity contribution >= 4 is 0 Å². The van der Waals surface area contributed by atoms with Crippen molar-refractivity contribution in [3.05, 3.63) is 12.4 Å². The number of hydrogen-bond acceptors (Lipinski definition) is 6. The van der Waals surface area contributed by atoms with Crippen LogP contribution in [0.25, 0.3) is 0 Å². The van der Waals surface area contributed by atoms with Crippen LogP contribution in [-0.2, 0) is 9.47 Å². The molecule has 1 saturated heterocycles. The first kappa shape index (κ1) is 15.6. The third kappa shape index (κ3) is 5.66. The van der Waals surface area contributed by atoms with Gasteiger partial charge >= 0.3 is 0 Å². The van der Waals surface area contributed by atoms with Gasteiger partial charge in [0.05, 0.1) is 39.8 Å². The molecule has 0 bridgehead atoms. The fourth-order valence-electron chi connectivity index (χ4n) is 2.41. The summed E-state index contributed by atoms with van der Waals surface area (Å²) < 4.78 is 11.2. The van der Waals surface area contributed by atoms with E-state index >= 15 is 0 Å². The molecule has 0 spiro atoms. The van der Waals surface area contributed by atoms with E-state index in [9.17, 15) is 0 Å². The minimum absolute atomic E-state index is 0.688. The molecule has 0 aromatic heterocycles. The Morgan fingerprint density at radius 1 is 0.850 bits per heavy atom. The second-order valence-corrected chi connectivity index (χ2v) is 5.57. The minimum atomic E-state index is 0.688. The van der Waals surface area contributed by atoms with Crippen molar-refractivity contribution in [1.29, 1.82) is 0 Å². The van der Waals surface area contributed by atoms with Crippen molar-refractivity contribution in [1.82, 2.24) is 19.6 Å². The third-order valence-electron chi connectivity index (χ3n) is 3.62. The molecule has 116 valence electrons. The zero-order chi connectivity index (χ0) is 14.2. The van der Waals surface area contributed by atoms with Crippen LogP contribution in [0.15, 0.2) is 12.4 Å². The van der Waals surface area contributed by atoms with Crippen molar-refractivity contribution < 1.29 is 9.47 Å². The van der Waals surface area contributed by atoms with Crippen LogP contribution >= 0.6 is 0 Å². The summed E-state index contributed by atoms with van der Waals surface area (Å²) in [5, 5.41) is 0. The summed E-state index contributed by atoms with van der Waals surface area (Å²) in [6, 6.07) is 0. The molecule has 0 saturated carbocycles. The summed E-state index contributed by atoms with van der Waals surface area (Å²) >= 11 is 0. The molecule has 2 rings (SSSR count). The van der Waals surface area contributed by atoms with Crippen LogP contribution in [0.5, 0.6) is 0 Å². The van der Waals surface area contributed by atoms with Crippen LogP contribution in [0.4, 0.5) is 0 Å². The van der Waals surface area contributed by atoms with Gasteiger partial charge in [-0.1, -0.05) is 0 Å². The number of hydrogen-bond donors (Lipinski definition) is 0. The molecule has 0 aromatic rings. The van der Waals surface area contributed by atoms with Crippen molar-refractivity contribution in [3.8, 4) is 0 Å². The van der Waals surface area contributed by atoms with Crippen LogP contribution in [0.1, 0.15) is 0 Å². The van der Waals surface area contributed by atoms with Crippen molar-refractivity contribution in [2.45, 2.75) is 0 Å². The SMILES string of the molecule is CN1C=CN(CCOCCOCCN2CCN(C)C2)C1. The molecule has 1 fully saturated rings. The highest BCUT2D eigenvalue weighted by Crippen LogP contribution is 2.02. The fraction of sp³-hybridized carbons (Fsp3) is 0.857. The van der Waals surface area contributed by atoms with E-state index < -0.39 is 0 Å². The molecule has 0 aliphatic carbocycles. The zero-order valence-electron chi connectivity index (χ0n) is 12.8. The van der Waals surface area contributed by atoms with Gasteiger partial charge < -0.3 is 19.3 Å². The Morgan fingerprint density at radius 2 is 1.60 bits per heavy atom. The van der Waals surface area contributed by atoms with E-state index in [1.807, 2.05) is 0 Å². The van der Waals surface area contributed by atoms with Gasteiger partial charge in [0.15, 0.2) is 0 Å². The first-order chi connectivity index (χ1) is 9.74. The normalized spacial score (nSPS) is 20.5. The quantitative estimate of drug-likeness (QED) is 0.550. The number of rotatable bonds is 9. The van der Waals surface area contributed by atoms with Crippen molar-refractivity contribution in [3.63, 3.8) is 0 Å². The molecule has 0 radical (unpaired) electrons. The predicted molar refractivity (Wildman–Crippen MR) is 79.2 cm³/mol. The maximum absolute atomic E-state index is 5.60. The molecule has 0 atom stereocenters. The largest absolute Gasteiger partial charge is 0.378 e. The average molecular weight is 284 g/mol. The summed E-state index contributed by atoms with van der Waals surface area (Å²) in [6.45, 7) is 9.28. The summed E-state index contributed by atoms with van der Waals surface area (Å²) in [6.07, 6.45) is 4.19. The summed E-state index contributed by atoms with van der Waals surface area (Å²) in [7, 11) is 4.23. The van der Waals surface area contributed by atoms with Crippen molar-refractivity contribution in [2.24, 2.45) is 0 Å². The maximum Gasteiger partial charge on any atom is 0.0891 e. The molecular formula is C14H28N4O2. The Labute approximate surface area is 122 Å². The first-order valence-electron chi connectivity index (χ1n) is 7.43. The van der Waals surface area contributed by atoms with E-state index in [0.29, 0.717) is 13.2 Å². The van der Waals surface area contributed by atoms with E-state index in [2.05, 4.69) is 46.1 Å². The standard InChI is InChI=1S/C14H28N4O2/c1-15-3-5-17(13-15)7-9-19-11-12-20-10-8-18-6-4-16(2)14-18/h3,5H,4,6-14H2,1-2H3. The molecule has 0 aromatic carbocycles. The Bertz CT molecular complexity index is 301. The van der Waals surface area contributed by atoms with Crippen LogP contribution in [0.3, 0.4) is 0 Å². The van der Waals surface area contributed by atoms with Crippen LogP contribution in [-0.4, -0.2) is 99.6 Å². The molecule has 0 amide bonds. The molecule has 6 nitrogen and oxygen atoms in total. The van der Waals surface area contributed by atoms with E-state index in [4.69, 9.17) is 9.47 Å². The van der Waals surface area contributed by atoms with Gasteiger partial charge in [-0.3, -0.25) is 9.80 Å². The fourth-order valence-corrected chi connectivity index (χ4v) is 2.41. The number of nitrogens with zero attached hydrogens (tertiary/aromatic N) is 4. The average Bonchev–Trinajstić information content (AvgIpc) is 3.02. The van der Waals surface area contributed by atoms with Gasteiger partial charge in [0.1, 0.15) is 0 Å². The summed E-state index contributed by atoms with van der Waals surface area (Å²) in [4.78, 5) is 9.13. The van der Waals surface area contributed by atoms with Gasteiger partial charge in [-0.05, 0) is 7.05 Å². The van der Waals surface area contributed by atoms with Gasteiger partial charge in [-0.25, -0.2) is 0 Å². The van der Waals surface area contributed by atoms with Gasteiger partial charge in [0.25, 0.3) is 0 Å². The zero-order valence-corrected chi connectivity index (χ0v) is 12.8. The Morgan fingerprint density at radius 3 is 2.20 bits per heavy atom. The van der Waals surface area contributed by atoms with Crippen LogP contribution in [0, 0.1) is 0 Å². The minimum Gasteiger partial charge on any atom is -0.378 e. The monoisotopic (exact) mass is 284 g/mol. The van der Waals surface area contributed by atoms with Crippen LogP contribution in [0.2, 0.25) is 0 Å². The lowest BCUT2D eigenvalue weighted by Crippen LogP contribution is -2.27. The van der Waals surface area contributed by atoms with Crippen LogP contribution < -0.4 is 0 Å². The van der Waals surface area contributed by atoms with Gasteiger partial charge in [-0.2, -0.15) is 0 Å². The molecule has 2 aliphatic rings. The topological polar surface area (TPSA) is 31.4 Å². The van der Waals surface area contributed by atoms with Gasteiger partial charge in [-0.15, -0.1) is 0 Å². The Kier molecular flexibility index (Phi) is 6.59. The second-order valence-electron chi connectivity index (χ2n) is 5.57. The van der Waals surface area contributed by atoms with E-state index in [0.717, 1.165) is 46.2 Å². The maximum atomic E-state index is 5.60. The lowest BCUT2D eigenvalue weighted by Gasteiger charge is -2.18. The molecular weight excluding hydrogens is 256 g/mol. The third-order valence-corrected chi connectivity index (χ3v) is 3.62. The van der Waals surface area contributed by atoms with E-state index in [1.165, 1.54) is 6.54 Å². The molecule has 20 heavy (non-hydrogen) atoms. The van der Waals surface area contributed by atoms with E-state index in [-0.39, 0.29) is 0 Å². The summed E-state index contributed by atoms with van der Waals surface area (Å²) in [5.74, 6) is 0. The smallest absolute Gasteiger partial charge is 0.0891 e. The lowest BCUT2D eigenvalue weighted by atomic mass is 10.5. The Balaban J connectivity index is 1.34. The Hall–Kier alpha value is -0.820. The van der Waals surface area contributed by atoms with Gasteiger partial charge in [0, 0.05) is 45.6 Å². The van der Waals surface area contributed by atoms with E-state index in [1.54, 1.807) is 0 Å².